The van der Waals surface area contributed by atoms with Gasteiger partial charge >= 0.3 is 6.18 Å². The van der Waals surface area contributed by atoms with Gasteiger partial charge in [0.2, 0.25) is 5.95 Å². The summed E-state index contributed by atoms with van der Waals surface area (Å²) >= 11 is 0. The van der Waals surface area contributed by atoms with E-state index in [1.807, 2.05) is 13.1 Å². The van der Waals surface area contributed by atoms with Crippen molar-refractivity contribution in [2.75, 3.05) is 80.4 Å². The smallest absolute Gasteiger partial charge is 0.382 e. The Labute approximate surface area is 222 Å². The molecule has 0 saturated carbocycles. The first kappa shape index (κ1) is 26.5. The van der Waals surface area contributed by atoms with Crippen molar-refractivity contribution in [3.63, 3.8) is 0 Å². The summed E-state index contributed by atoms with van der Waals surface area (Å²) in [7, 11) is 2.03. The molecule has 39 heavy (non-hydrogen) atoms. The Kier molecular flexibility index (Phi) is 7.43. The number of aromatic nitrogens is 5. The van der Waals surface area contributed by atoms with Crippen LogP contribution >= 0.6 is 0 Å². The zero-order valence-electron chi connectivity index (χ0n) is 21.1. The largest absolute Gasteiger partial charge is 0.420 e. The van der Waals surface area contributed by atoms with Crippen molar-refractivity contribution < 1.29 is 22.7 Å². The molecule has 0 unspecified atom stereocenters. The van der Waals surface area contributed by atoms with Gasteiger partial charge in [0.25, 0.3) is 5.91 Å². The Morgan fingerprint density at radius 3 is 2.46 bits per heavy atom. The third kappa shape index (κ3) is 5.83. The fourth-order valence-corrected chi connectivity index (χ4v) is 4.33. The highest BCUT2D eigenvalue weighted by atomic mass is 19.4. The van der Waals surface area contributed by atoms with Crippen molar-refractivity contribution in [3.05, 3.63) is 42.0 Å². The summed E-state index contributed by atoms with van der Waals surface area (Å²) in [4.78, 5) is 39.8. The van der Waals surface area contributed by atoms with E-state index in [0.29, 0.717) is 38.2 Å². The highest BCUT2D eigenvalue weighted by Gasteiger charge is 2.37. The average molecular weight is 545 g/mol. The van der Waals surface area contributed by atoms with E-state index in [4.69, 9.17) is 10.5 Å². The second kappa shape index (κ2) is 10.9. The van der Waals surface area contributed by atoms with Crippen LogP contribution in [0.5, 0.6) is 0 Å². The molecule has 1 amide bonds. The number of hydrogen-bond donors (Lipinski definition) is 2. The molecule has 206 valence electrons. The van der Waals surface area contributed by atoms with E-state index < -0.39 is 23.3 Å². The van der Waals surface area contributed by atoms with Gasteiger partial charge in [-0.3, -0.25) is 4.79 Å². The van der Waals surface area contributed by atoms with Gasteiger partial charge in [0.15, 0.2) is 17.3 Å². The Morgan fingerprint density at radius 2 is 1.74 bits per heavy atom. The highest BCUT2D eigenvalue weighted by Crippen LogP contribution is 2.36. The molecule has 12 nitrogen and oxygen atoms in total. The molecule has 5 heterocycles. The summed E-state index contributed by atoms with van der Waals surface area (Å²) in [5.74, 6) is -0.626. The molecule has 15 heteroatoms. The minimum atomic E-state index is -4.77. The zero-order chi connectivity index (χ0) is 27.6. The number of likely N-dealkylation sites (N-methyl/N-ethyl adjacent to an activating group) is 1. The van der Waals surface area contributed by atoms with Gasteiger partial charge in [0.05, 0.1) is 25.1 Å². The van der Waals surface area contributed by atoms with Crippen molar-refractivity contribution in [1.82, 2.24) is 29.8 Å². The molecule has 2 fully saturated rings. The Morgan fingerprint density at radius 1 is 1.00 bits per heavy atom. The van der Waals surface area contributed by atoms with E-state index in [-0.39, 0.29) is 29.0 Å². The lowest BCUT2D eigenvalue weighted by atomic mass is 10.1. The Balaban J connectivity index is 1.47. The van der Waals surface area contributed by atoms with Gasteiger partial charge < -0.3 is 30.5 Å². The normalized spacial score (nSPS) is 16.8. The molecule has 3 aromatic rings. The van der Waals surface area contributed by atoms with Crippen LogP contribution in [-0.4, -0.2) is 95.3 Å². The fourth-order valence-electron chi connectivity index (χ4n) is 4.33. The van der Waals surface area contributed by atoms with Crippen LogP contribution < -0.4 is 20.9 Å². The van der Waals surface area contributed by atoms with Crippen LogP contribution in [0.1, 0.15) is 16.1 Å². The molecule has 0 radical (unpaired) electrons. The first-order chi connectivity index (χ1) is 18.7. The van der Waals surface area contributed by atoms with E-state index in [2.05, 4.69) is 40.0 Å². The lowest BCUT2D eigenvalue weighted by molar-refractivity contribution is -0.137. The number of nitrogen functional groups attached to an aromatic ring is 1. The van der Waals surface area contributed by atoms with E-state index in [0.717, 1.165) is 32.4 Å². The number of nitrogens with one attached hydrogen (secondary N) is 1. The number of carbonyl (C=O) groups is 1. The van der Waals surface area contributed by atoms with Gasteiger partial charge in [-0.15, -0.1) is 0 Å². The van der Waals surface area contributed by atoms with E-state index in [1.54, 1.807) is 11.0 Å². The molecule has 0 aromatic carbocycles. The van der Waals surface area contributed by atoms with Crippen molar-refractivity contribution in [1.29, 1.82) is 0 Å². The minimum Gasteiger partial charge on any atom is -0.382 e. The van der Waals surface area contributed by atoms with Gasteiger partial charge in [0.1, 0.15) is 17.0 Å². The maximum absolute atomic E-state index is 13.9. The summed E-state index contributed by atoms with van der Waals surface area (Å²) < 4.78 is 47.0. The van der Waals surface area contributed by atoms with Crippen LogP contribution in [0.15, 0.2) is 30.7 Å². The number of morpholine rings is 1. The number of rotatable bonds is 5. The molecule has 2 aliphatic heterocycles. The number of piperazine rings is 1. The predicted molar refractivity (Wildman–Crippen MR) is 137 cm³/mol. The molecule has 0 bridgehead atoms. The number of nitrogens with zero attached hydrogens (tertiary/aromatic N) is 8. The van der Waals surface area contributed by atoms with Gasteiger partial charge in [-0.05, 0) is 19.2 Å². The van der Waals surface area contributed by atoms with E-state index in [9.17, 15) is 18.0 Å². The van der Waals surface area contributed by atoms with Crippen molar-refractivity contribution in [2.45, 2.75) is 6.18 Å². The number of pyridine rings is 1. The second-order valence-corrected chi connectivity index (χ2v) is 9.13. The lowest BCUT2D eigenvalue weighted by Gasteiger charge is -2.34. The van der Waals surface area contributed by atoms with Crippen LogP contribution in [0.3, 0.4) is 0 Å². The van der Waals surface area contributed by atoms with Crippen LogP contribution in [0.4, 0.5) is 36.4 Å². The SMILES string of the molecule is CN1CCN(c2cccnc2NC(=O)c2nc(-c3nc(N4CCOCC4)ncc3C(F)(F)F)cnc2N)CC1. The molecular formula is C24H27F3N10O2. The summed E-state index contributed by atoms with van der Waals surface area (Å²) in [6, 6.07) is 3.60. The van der Waals surface area contributed by atoms with E-state index in [1.165, 1.54) is 6.20 Å². The van der Waals surface area contributed by atoms with Gasteiger partial charge in [-0.25, -0.2) is 24.9 Å². The summed E-state index contributed by atoms with van der Waals surface area (Å²) in [5.41, 5.74) is 4.44. The van der Waals surface area contributed by atoms with Crippen molar-refractivity contribution in [2.24, 2.45) is 0 Å². The minimum absolute atomic E-state index is 0.0937. The van der Waals surface area contributed by atoms with Crippen LogP contribution in [0, 0.1) is 0 Å². The summed E-state index contributed by atoms with van der Waals surface area (Å²) in [5, 5.41) is 2.70. The van der Waals surface area contributed by atoms with Gasteiger partial charge in [-0.1, -0.05) is 0 Å². The molecule has 3 aromatic heterocycles. The van der Waals surface area contributed by atoms with Crippen LogP contribution in [-0.2, 0) is 10.9 Å². The first-order valence-electron chi connectivity index (χ1n) is 12.3. The third-order valence-electron chi connectivity index (χ3n) is 6.50. The molecule has 2 saturated heterocycles. The number of halogens is 3. The van der Waals surface area contributed by atoms with Gasteiger partial charge in [-0.2, -0.15) is 13.2 Å². The monoisotopic (exact) mass is 544 g/mol. The molecule has 3 N–H and O–H groups in total. The molecule has 0 atom stereocenters. The number of carbonyl (C=O) groups excluding carboxylic acids is 1. The number of alkyl halides is 3. The third-order valence-corrected chi connectivity index (χ3v) is 6.50. The Bertz CT molecular complexity index is 1340. The quantitative estimate of drug-likeness (QED) is 0.486. The predicted octanol–water partition coefficient (Wildman–Crippen LogP) is 1.77. The number of hydrogen-bond acceptors (Lipinski definition) is 11. The average Bonchev–Trinajstić information content (AvgIpc) is 2.94. The van der Waals surface area contributed by atoms with E-state index >= 15 is 0 Å². The Hall–Kier alpha value is -4.11. The van der Waals surface area contributed by atoms with Crippen molar-refractivity contribution in [3.8, 4) is 11.4 Å². The summed E-state index contributed by atoms with van der Waals surface area (Å²) in [6.45, 7) is 4.80. The van der Waals surface area contributed by atoms with Gasteiger partial charge in [0, 0.05) is 51.7 Å². The van der Waals surface area contributed by atoms with Crippen molar-refractivity contribution >= 4 is 29.2 Å². The number of ether oxygens (including phenoxy) is 1. The second-order valence-electron chi connectivity index (χ2n) is 9.13. The standard InChI is InChI=1S/C24H27F3N10O2/c1-35-5-7-36(8-6-35)17-3-2-4-29-21(17)34-22(38)19-20(28)30-14-16(32-19)18-15(24(25,26)27)13-31-23(33-18)37-9-11-39-12-10-37/h2-4,13-14H,5-12H2,1H3,(H2,28,30)(H,29,34,38). The zero-order valence-corrected chi connectivity index (χ0v) is 21.1. The first-order valence-corrected chi connectivity index (χ1v) is 12.3. The summed E-state index contributed by atoms with van der Waals surface area (Å²) in [6.07, 6.45) is -1.47. The molecule has 0 spiro atoms. The van der Waals surface area contributed by atoms with Crippen LogP contribution in [0.25, 0.3) is 11.4 Å². The molecule has 0 aliphatic carbocycles. The number of anilines is 4. The molecule has 5 rings (SSSR count). The maximum atomic E-state index is 13.9. The maximum Gasteiger partial charge on any atom is 0.420 e. The topological polar surface area (TPSA) is 139 Å². The number of amides is 1. The van der Waals surface area contributed by atoms with Crippen LogP contribution in [0.2, 0.25) is 0 Å². The molecular weight excluding hydrogens is 517 g/mol. The fraction of sp³-hybridized carbons (Fsp3) is 0.417. The number of nitrogens with two attached hydrogens (primary N) is 1. The molecule has 2 aliphatic rings. The highest BCUT2D eigenvalue weighted by molar-refractivity contribution is 6.06. The lowest BCUT2D eigenvalue weighted by Crippen LogP contribution is -2.44.